The van der Waals surface area contributed by atoms with Crippen LogP contribution in [0.15, 0.2) is 0 Å². The van der Waals surface area contributed by atoms with Gasteiger partial charge in [-0.25, -0.2) is 4.79 Å². The van der Waals surface area contributed by atoms with E-state index in [9.17, 15) is 4.79 Å². The highest BCUT2D eigenvalue weighted by molar-refractivity contribution is 7.15. The maximum atomic E-state index is 12.2. The predicted octanol–water partition coefficient (Wildman–Crippen LogP) is 4.15. The number of nitrogen functional groups attached to an aromatic ring is 1. The van der Waals surface area contributed by atoms with Gasteiger partial charge in [-0.3, -0.25) is 0 Å². The minimum absolute atomic E-state index is 0.00953. The molecular weight excluding hydrogens is 258 g/mol. The number of carbonyl (C=O) groups is 1. The third kappa shape index (κ3) is 3.72. The van der Waals surface area contributed by atoms with Crippen LogP contribution in [0.2, 0.25) is 0 Å². The van der Waals surface area contributed by atoms with Crippen LogP contribution in [0.1, 0.15) is 68.6 Å². The molecule has 0 amide bonds. The van der Waals surface area contributed by atoms with E-state index >= 15 is 0 Å². The number of nitrogens with two attached hydrogens (primary N) is 1. The Morgan fingerprint density at radius 1 is 1.21 bits per heavy atom. The number of hydrogen-bond donors (Lipinski definition) is 1. The summed E-state index contributed by atoms with van der Waals surface area (Å²) in [4.78, 5) is 13.9. The summed E-state index contributed by atoms with van der Waals surface area (Å²) in [6.45, 7) is 14.1. The Morgan fingerprint density at radius 2 is 1.74 bits per heavy atom. The topological polar surface area (TPSA) is 52.3 Å². The molecule has 1 rings (SSSR count). The fourth-order valence-electron chi connectivity index (χ4n) is 1.91. The molecule has 0 fully saturated rings. The van der Waals surface area contributed by atoms with Crippen LogP contribution in [0.25, 0.3) is 0 Å². The SMILES string of the molecule is CCc1c(C(C)(C)C)sc(C(=O)OC(C)(C)C)c1N. The average Bonchev–Trinajstić information content (AvgIpc) is 2.52. The number of ether oxygens (including phenoxy) is 1. The normalized spacial score (nSPS) is 12.6. The second kappa shape index (κ2) is 5.16. The molecule has 0 radical (unpaired) electrons. The molecule has 0 spiro atoms. The zero-order valence-corrected chi connectivity index (χ0v) is 13.8. The van der Waals surface area contributed by atoms with Crippen molar-refractivity contribution >= 4 is 23.0 Å². The fourth-order valence-corrected chi connectivity index (χ4v) is 3.16. The molecular formula is C15H25NO2S. The average molecular weight is 283 g/mol. The quantitative estimate of drug-likeness (QED) is 0.830. The smallest absolute Gasteiger partial charge is 0.350 e. The summed E-state index contributed by atoms with van der Waals surface area (Å²) < 4.78 is 5.42. The van der Waals surface area contributed by atoms with Crippen molar-refractivity contribution in [2.24, 2.45) is 0 Å². The molecule has 0 bridgehead atoms. The number of hydrogen-bond acceptors (Lipinski definition) is 4. The van der Waals surface area contributed by atoms with Gasteiger partial charge >= 0.3 is 5.97 Å². The van der Waals surface area contributed by atoms with Crippen LogP contribution in [0.4, 0.5) is 5.69 Å². The first-order valence-electron chi connectivity index (χ1n) is 6.62. The molecule has 2 N–H and O–H groups in total. The maximum Gasteiger partial charge on any atom is 0.350 e. The van der Waals surface area contributed by atoms with Gasteiger partial charge in [0.05, 0.1) is 5.69 Å². The minimum Gasteiger partial charge on any atom is -0.456 e. The highest BCUT2D eigenvalue weighted by atomic mass is 32.1. The van der Waals surface area contributed by atoms with Crippen molar-refractivity contribution < 1.29 is 9.53 Å². The first kappa shape index (κ1) is 16.0. The monoisotopic (exact) mass is 283 g/mol. The summed E-state index contributed by atoms with van der Waals surface area (Å²) >= 11 is 1.47. The zero-order valence-electron chi connectivity index (χ0n) is 13.0. The van der Waals surface area contributed by atoms with Crippen LogP contribution in [0, 0.1) is 0 Å². The molecule has 0 aromatic carbocycles. The highest BCUT2D eigenvalue weighted by Crippen LogP contribution is 2.39. The Morgan fingerprint density at radius 3 is 2.05 bits per heavy atom. The van der Waals surface area contributed by atoms with Crippen LogP contribution in [0.5, 0.6) is 0 Å². The predicted molar refractivity (Wildman–Crippen MR) is 82.0 cm³/mol. The van der Waals surface area contributed by atoms with Gasteiger partial charge in [-0.05, 0) is 38.2 Å². The van der Waals surface area contributed by atoms with Crippen LogP contribution in [-0.2, 0) is 16.6 Å². The Kier molecular flexibility index (Phi) is 4.35. The summed E-state index contributed by atoms with van der Waals surface area (Å²) in [7, 11) is 0. The van der Waals surface area contributed by atoms with Crippen molar-refractivity contribution in [2.75, 3.05) is 5.73 Å². The van der Waals surface area contributed by atoms with Crippen molar-refractivity contribution in [2.45, 2.75) is 65.9 Å². The van der Waals surface area contributed by atoms with Gasteiger partial charge in [-0.2, -0.15) is 0 Å². The van der Waals surface area contributed by atoms with Gasteiger partial charge in [-0.1, -0.05) is 27.7 Å². The number of carbonyl (C=O) groups excluding carboxylic acids is 1. The molecule has 0 unspecified atom stereocenters. The van der Waals surface area contributed by atoms with E-state index < -0.39 is 5.60 Å². The Balaban J connectivity index is 3.24. The van der Waals surface area contributed by atoms with Gasteiger partial charge in [0.25, 0.3) is 0 Å². The Labute approximate surface area is 120 Å². The molecule has 4 heteroatoms. The van der Waals surface area contributed by atoms with E-state index in [1.165, 1.54) is 16.2 Å². The van der Waals surface area contributed by atoms with Crippen LogP contribution in [-0.4, -0.2) is 11.6 Å². The molecule has 108 valence electrons. The van der Waals surface area contributed by atoms with Crippen LogP contribution < -0.4 is 5.73 Å². The molecule has 1 aromatic rings. The van der Waals surface area contributed by atoms with Gasteiger partial charge in [-0.15, -0.1) is 11.3 Å². The van der Waals surface area contributed by atoms with Crippen molar-refractivity contribution in [1.29, 1.82) is 0 Å². The summed E-state index contributed by atoms with van der Waals surface area (Å²) in [5.41, 5.74) is 7.30. The number of anilines is 1. The van der Waals surface area contributed by atoms with Gasteiger partial charge < -0.3 is 10.5 Å². The molecule has 0 atom stereocenters. The third-order valence-corrected chi connectivity index (χ3v) is 4.32. The Bertz CT molecular complexity index is 476. The standard InChI is InChI=1S/C15H25NO2S/c1-8-9-10(16)11(13(17)18-15(5,6)7)19-12(9)14(2,3)4/h8,16H2,1-7H3. The molecule has 1 heterocycles. The van der Waals surface area contributed by atoms with Crippen molar-refractivity contribution in [3.05, 3.63) is 15.3 Å². The van der Waals surface area contributed by atoms with Gasteiger partial charge in [0.2, 0.25) is 0 Å². The highest BCUT2D eigenvalue weighted by Gasteiger charge is 2.29. The summed E-state index contributed by atoms with van der Waals surface area (Å²) in [5.74, 6) is -0.319. The molecule has 19 heavy (non-hydrogen) atoms. The van der Waals surface area contributed by atoms with E-state index in [2.05, 4.69) is 27.7 Å². The number of rotatable bonds is 2. The summed E-state index contributed by atoms with van der Waals surface area (Å²) in [6, 6.07) is 0. The zero-order chi connectivity index (χ0) is 15.0. The lowest BCUT2D eigenvalue weighted by molar-refractivity contribution is 0.00763. The Hall–Kier alpha value is -1.03. The van der Waals surface area contributed by atoms with E-state index in [0.29, 0.717) is 10.6 Å². The van der Waals surface area contributed by atoms with E-state index in [-0.39, 0.29) is 11.4 Å². The molecule has 0 saturated carbocycles. The third-order valence-electron chi connectivity index (χ3n) is 2.67. The molecule has 1 aromatic heterocycles. The molecule has 0 saturated heterocycles. The lowest BCUT2D eigenvalue weighted by atomic mass is 9.90. The maximum absolute atomic E-state index is 12.2. The first-order valence-corrected chi connectivity index (χ1v) is 7.44. The second-order valence-electron chi connectivity index (χ2n) is 6.76. The van der Waals surface area contributed by atoms with Crippen molar-refractivity contribution in [1.82, 2.24) is 0 Å². The lowest BCUT2D eigenvalue weighted by Gasteiger charge is -2.19. The van der Waals surface area contributed by atoms with E-state index in [1.54, 1.807) is 0 Å². The van der Waals surface area contributed by atoms with Crippen LogP contribution >= 0.6 is 11.3 Å². The first-order chi connectivity index (χ1) is 8.47. The summed E-state index contributed by atoms with van der Waals surface area (Å²) in [5, 5.41) is 0. The van der Waals surface area contributed by atoms with E-state index in [4.69, 9.17) is 10.5 Å². The molecule has 0 aliphatic rings. The van der Waals surface area contributed by atoms with Gasteiger partial charge in [0, 0.05) is 4.88 Å². The van der Waals surface area contributed by atoms with Crippen molar-refractivity contribution in [3.8, 4) is 0 Å². The second-order valence-corrected chi connectivity index (χ2v) is 7.78. The van der Waals surface area contributed by atoms with Gasteiger partial charge in [0.1, 0.15) is 10.5 Å². The van der Waals surface area contributed by atoms with E-state index in [0.717, 1.165) is 12.0 Å². The number of thiophene rings is 1. The number of esters is 1. The molecule has 0 aliphatic carbocycles. The van der Waals surface area contributed by atoms with Crippen molar-refractivity contribution in [3.63, 3.8) is 0 Å². The molecule has 0 aliphatic heterocycles. The summed E-state index contributed by atoms with van der Waals surface area (Å²) in [6.07, 6.45) is 0.831. The lowest BCUT2D eigenvalue weighted by Crippen LogP contribution is -2.23. The van der Waals surface area contributed by atoms with Gasteiger partial charge in [0.15, 0.2) is 0 Å². The van der Waals surface area contributed by atoms with Crippen LogP contribution in [0.3, 0.4) is 0 Å². The minimum atomic E-state index is -0.498. The van der Waals surface area contributed by atoms with E-state index in [1.807, 2.05) is 20.8 Å². The fraction of sp³-hybridized carbons (Fsp3) is 0.667. The largest absolute Gasteiger partial charge is 0.456 e. The molecule has 3 nitrogen and oxygen atoms in total.